The number of nitrogen functional groups attached to an aromatic ring is 1. The van der Waals surface area contributed by atoms with Gasteiger partial charge in [0, 0.05) is 0 Å². The number of benzene rings is 2. The van der Waals surface area contributed by atoms with Gasteiger partial charge in [0.25, 0.3) is 0 Å². The predicted octanol–water partition coefficient (Wildman–Crippen LogP) is 3.68. The first-order chi connectivity index (χ1) is 8.99. The van der Waals surface area contributed by atoms with E-state index in [-0.39, 0.29) is 10.8 Å². The average molecular weight is 298 g/mol. The Kier molecular flexibility index (Phi) is 4.22. The third kappa shape index (κ3) is 3.14. The summed E-state index contributed by atoms with van der Waals surface area (Å²) >= 11 is 5.61. The van der Waals surface area contributed by atoms with Crippen molar-refractivity contribution in [3.63, 3.8) is 0 Å². The van der Waals surface area contributed by atoms with Crippen molar-refractivity contribution >= 4 is 28.1 Å². The maximum absolute atomic E-state index is 13.3. The minimum Gasteiger partial charge on any atom is -0.398 e. The number of para-hydroxylation sites is 1. The highest BCUT2D eigenvalue weighted by Crippen LogP contribution is 2.23. The molecule has 2 nitrogen and oxygen atoms in total. The van der Waals surface area contributed by atoms with E-state index in [0.717, 1.165) is 5.56 Å². The molecule has 0 aromatic heterocycles. The predicted molar refractivity (Wildman–Crippen MR) is 77.1 cm³/mol. The molecule has 2 aromatic carbocycles. The molecular weight excluding hydrogens is 285 g/mol. The largest absolute Gasteiger partial charge is 0.398 e. The van der Waals surface area contributed by atoms with Crippen LogP contribution in [-0.4, -0.2) is 4.21 Å². The molecule has 0 amide bonds. The fourth-order valence-electron chi connectivity index (χ4n) is 1.71. The lowest BCUT2D eigenvalue weighted by atomic mass is 10.2. The Balaban J connectivity index is 2.26. The molecule has 0 fully saturated rings. The van der Waals surface area contributed by atoms with Crippen LogP contribution in [0.15, 0.2) is 41.3 Å². The average Bonchev–Trinajstić information content (AvgIpc) is 2.37. The van der Waals surface area contributed by atoms with E-state index in [4.69, 9.17) is 17.3 Å². The standard InChI is InChI=1S/C14H13ClFNOS/c1-9-3-2-4-13(14(9)17)19(18)8-10-5-6-11(15)12(16)7-10/h2-7H,8,17H2,1H3. The maximum Gasteiger partial charge on any atom is 0.142 e. The van der Waals surface area contributed by atoms with E-state index in [9.17, 15) is 8.60 Å². The van der Waals surface area contributed by atoms with Gasteiger partial charge in [-0.3, -0.25) is 4.21 Å². The zero-order chi connectivity index (χ0) is 14.0. The lowest BCUT2D eigenvalue weighted by molar-refractivity contribution is 0.626. The Hall–Kier alpha value is -1.39. The van der Waals surface area contributed by atoms with Crippen LogP contribution in [0, 0.1) is 12.7 Å². The summed E-state index contributed by atoms with van der Waals surface area (Å²) in [6.07, 6.45) is 0. The van der Waals surface area contributed by atoms with Gasteiger partial charge in [0.2, 0.25) is 0 Å². The summed E-state index contributed by atoms with van der Waals surface area (Å²) in [5, 5.41) is 0.0598. The van der Waals surface area contributed by atoms with Crippen molar-refractivity contribution in [2.45, 2.75) is 17.6 Å². The first-order valence-corrected chi connectivity index (χ1v) is 7.36. The molecule has 0 saturated carbocycles. The van der Waals surface area contributed by atoms with Crippen molar-refractivity contribution in [1.29, 1.82) is 0 Å². The summed E-state index contributed by atoms with van der Waals surface area (Å²) < 4.78 is 25.6. The van der Waals surface area contributed by atoms with Crippen LogP contribution in [0.1, 0.15) is 11.1 Å². The lowest BCUT2D eigenvalue weighted by Gasteiger charge is -2.08. The summed E-state index contributed by atoms with van der Waals surface area (Å²) in [7, 11) is -1.31. The summed E-state index contributed by atoms with van der Waals surface area (Å²) in [5.41, 5.74) is 7.93. The smallest absolute Gasteiger partial charge is 0.142 e. The van der Waals surface area contributed by atoms with Gasteiger partial charge in [-0.1, -0.05) is 29.8 Å². The molecule has 0 heterocycles. The molecule has 1 atom stereocenters. The van der Waals surface area contributed by atoms with Gasteiger partial charge in [-0.05, 0) is 36.2 Å². The van der Waals surface area contributed by atoms with Crippen molar-refractivity contribution in [1.82, 2.24) is 0 Å². The number of anilines is 1. The molecule has 0 aliphatic carbocycles. The SMILES string of the molecule is Cc1cccc(S(=O)Cc2ccc(Cl)c(F)c2)c1N. The second kappa shape index (κ2) is 5.72. The Morgan fingerprint density at radius 1 is 1.32 bits per heavy atom. The van der Waals surface area contributed by atoms with Crippen molar-refractivity contribution in [2.24, 2.45) is 0 Å². The summed E-state index contributed by atoms with van der Waals surface area (Å²) in [6.45, 7) is 1.86. The van der Waals surface area contributed by atoms with Gasteiger partial charge in [-0.2, -0.15) is 0 Å². The molecule has 100 valence electrons. The molecule has 0 aliphatic rings. The molecule has 0 radical (unpaired) electrons. The molecule has 2 rings (SSSR count). The zero-order valence-electron chi connectivity index (χ0n) is 10.3. The molecular formula is C14H13ClFNOS. The van der Waals surface area contributed by atoms with Crippen LogP contribution < -0.4 is 5.73 Å². The summed E-state index contributed by atoms with van der Waals surface area (Å²) in [5.74, 6) is -0.296. The minimum atomic E-state index is -1.31. The van der Waals surface area contributed by atoms with Crippen LogP contribution in [0.5, 0.6) is 0 Å². The van der Waals surface area contributed by atoms with Crippen LogP contribution in [0.2, 0.25) is 5.02 Å². The van der Waals surface area contributed by atoms with Gasteiger partial charge in [0.05, 0.1) is 32.2 Å². The highest BCUT2D eigenvalue weighted by Gasteiger charge is 2.11. The molecule has 2 aromatic rings. The molecule has 0 bridgehead atoms. The Morgan fingerprint density at radius 2 is 2.05 bits per heavy atom. The molecule has 2 N–H and O–H groups in total. The van der Waals surface area contributed by atoms with Gasteiger partial charge < -0.3 is 5.73 Å². The molecule has 0 saturated heterocycles. The van der Waals surface area contributed by atoms with Crippen molar-refractivity contribution in [2.75, 3.05) is 5.73 Å². The number of aryl methyl sites for hydroxylation is 1. The monoisotopic (exact) mass is 297 g/mol. The fraction of sp³-hybridized carbons (Fsp3) is 0.143. The Labute approximate surface area is 118 Å². The van der Waals surface area contributed by atoms with E-state index < -0.39 is 16.6 Å². The van der Waals surface area contributed by atoms with E-state index in [1.807, 2.05) is 13.0 Å². The fourth-order valence-corrected chi connectivity index (χ4v) is 3.10. The van der Waals surface area contributed by atoms with Gasteiger partial charge in [-0.25, -0.2) is 4.39 Å². The molecule has 19 heavy (non-hydrogen) atoms. The molecule has 0 aliphatic heterocycles. The Bertz CT molecular complexity index is 645. The number of nitrogens with two attached hydrogens (primary N) is 1. The second-order valence-corrected chi connectivity index (χ2v) is 6.05. The van der Waals surface area contributed by atoms with Crippen molar-refractivity contribution in [3.8, 4) is 0 Å². The highest BCUT2D eigenvalue weighted by atomic mass is 35.5. The second-order valence-electron chi connectivity index (χ2n) is 4.23. The minimum absolute atomic E-state index is 0.0598. The number of hydrogen-bond donors (Lipinski definition) is 1. The van der Waals surface area contributed by atoms with Crippen LogP contribution >= 0.6 is 11.6 Å². The summed E-state index contributed by atoms with van der Waals surface area (Å²) in [6, 6.07) is 9.81. The van der Waals surface area contributed by atoms with Crippen molar-refractivity contribution in [3.05, 3.63) is 58.4 Å². The van der Waals surface area contributed by atoms with Crippen LogP contribution in [0.25, 0.3) is 0 Å². The van der Waals surface area contributed by atoms with Crippen LogP contribution in [-0.2, 0) is 16.6 Å². The highest BCUT2D eigenvalue weighted by molar-refractivity contribution is 7.84. The number of halogens is 2. The first kappa shape index (κ1) is 14.0. The lowest BCUT2D eigenvalue weighted by Crippen LogP contribution is -2.02. The van der Waals surface area contributed by atoms with E-state index in [0.29, 0.717) is 16.1 Å². The van der Waals surface area contributed by atoms with E-state index in [1.54, 1.807) is 18.2 Å². The van der Waals surface area contributed by atoms with Gasteiger partial charge in [0.15, 0.2) is 0 Å². The molecule has 1 unspecified atom stereocenters. The topological polar surface area (TPSA) is 43.1 Å². The van der Waals surface area contributed by atoms with Crippen molar-refractivity contribution < 1.29 is 8.60 Å². The Morgan fingerprint density at radius 3 is 2.74 bits per heavy atom. The van der Waals surface area contributed by atoms with E-state index in [2.05, 4.69) is 0 Å². The van der Waals surface area contributed by atoms with Gasteiger partial charge >= 0.3 is 0 Å². The molecule has 5 heteroatoms. The van der Waals surface area contributed by atoms with E-state index >= 15 is 0 Å². The first-order valence-electron chi connectivity index (χ1n) is 5.66. The molecule has 0 spiro atoms. The number of hydrogen-bond acceptors (Lipinski definition) is 2. The number of rotatable bonds is 3. The van der Waals surface area contributed by atoms with Gasteiger partial charge in [0.1, 0.15) is 5.82 Å². The van der Waals surface area contributed by atoms with E-state index in [1.165, 1.54) is 12.1 Å². The van der Waals surface area contributed by atoms with Crippen LogP contribution in [0.3, 0.4) is 0 Å². The third-order valence-electron chi connectivity index (χ3n) is 2.81. The van der Waals surface area contributed by atoms with Crippen LogP contribution in [0.4, 0.5) is 10.1 Å². The quantitative estimate of drug-likeness (QED) is 0.878. The third-order valence-corrected chi connectivity index (χ3v) is 4.56. The van der Waals surface area contributed by atoms with Gasteiger partial charge in [-0.15, -0.1) is 0 Å². The maximum atomic E-state index is 13.3. The summed E-state index contributed by atoms with van der Waals surface area (Å²) in [4.78, 5) is 0.579. The normalized spacial score (nSPS) is 12.4. The zero-order valence-corrected chi connectivity index (χ0v) is 11.9.